The molecule has 5 rings (SSSR count). The highest BCUT2D eigenvalue weighted by Gasteiger charge is 2.29. The van der Waals surface area contributed by atoms with Gasteiger partial charge in [-0.3, -0.25) is 4.90 Å². The first-order valence-corrected chi connectivity index (χ1v) is 11.4. The second-order valence-electron chi connectivity index (χ2n) is 8.81. The van der Waals surface area contributed by atoms with E-state index in [0.717, 1.165) is 81.9 Å². The van der Waals surface area contributed by atoms with Crippen molar-refractivity contribution in [2.75, 3.05) is 44.8 Å². The maximum atomic E-state index is 9.78. The highest BCUT2D eigenvalue weighted by molar-refractivity contribution is 5.95. The normalized spacial score (nSPS) is 26.5. The van der Waals surface area contributed by atoms with E-state index in [2.05, 4.69) is 32.5 Å². The van der Waals surface area contributed by atoms with Crippen LogP contribution >= 0.6 is 0 Å². The van der Waals surface area contributed by atoms with Crippen molar-refractivity contribution < 1.29 is 9.47 Å². The summed E-state index contributed by atoms with van der Waals surface area (Å²) in [6.45, 7) is 5.45. The summed E-state index contributed by atoms with van der Waals surface area (Å²) >= 11 is 0. The number of H-pyrrole nitrogens is 1. The number of pyridine rings is 1. The van der Waals surface area contributed by atoms with Gasteiger partial charge in [0.1, 0.15) is 11.7 Å². The Kier molecular flexibility index (Phi) is 5.89. The number of nitrogens with zero attached hydrogens (tertiary/aromatic N) is 3. The van der Waals surface area contributed by atoms with Gasteiger partial charge in [0, 0.05) is 56.2 Å². The van der Waals surface area contributed by atoms with Gasteiger partial charge in [0.2, 0.25) is 0 Å². The highest BCUT2D eigenvalue weighted by Crippen LogP contribution is 2.38. The Hall–Kier alpha value is -2.14. The van der Waals surface area contributed by atoms with Crippen LogP contribution in [0.15, 0.2) is 12.4 Å². The molecule has 160 valence electrons. The van der Waals surface area contributed by atoms with Crippen LogP contribution in [0.5, 0.6) is 0 Å². The number of morpholine rings is 1. The largest absolute Gasteiger partial charge is 0.381 e. The van der Waals surface area contributed by atoms with E-state index >= 15 is 0 Å². The lowest BCUT2D eigenvalue weighted by molar-refractivity contribution is 0.00791. The zero-order chi connectivity index (χ0) is 20.3. The van der Waals surface area contributed by atoms with Gasteiger partial charge in [0.25, 0.3) is 0 Å². The molecule has 2 aliphatic heterocycles. The van der Waals surface area contributed by atoms with Crippen LogP contribution in [0.4, 0.5) is 5.69 Å². The Bertz CT molecular complexity index is 900. The molecule has 1 aliphatic carbocycles. The molecule has 2 saturated heterocycles. The van der Waals surface area contributed by atoms with Gasteiger partial charge in [0.05, 0.1) is 24.5 Å². The van der Waals surface area contributed by atoms with E-state index in [9.17, 15) is 5.26 Å². The Morgan fingerprint density at radius 1 is 1.03 bits per heavy atom. The molecular formula is C23H31N5O2. The average molecular weight is 410 g/mol. The molecule has 0 aromatic carbocycles. The predicted octanol–water partition coefficient (Wildman–Crippen LogP) is 3.38. The number of nitriles is 1. The molecule has 4 heterocycles. The fraction of sp³-hybridized carbons (Fsp3) is 0.652. The van der Waals surface area contributed by atoms with E-state index in [-0.39, 0.29) is 0 Å². The molecule has 0 atom stereocenters. The van der Waals surface area contributed by atoms with Crippen LogP contribution in [0, 0.1) is 11.3 Å². The summed E-state index contributed by atoms with van der Waals surface area (Å²) in [6, 6.07) is 3.44. The van der Waals surface area contributed by atoms with Gasteiger partial charge in [0.15, 0.2) is 0 Å². The monoisotopic (exact) mass is 409 g/mol. The minimum Gasteiger partial charge on any atom is -0.381 e. The lowest BCUT2D eigenvalue weighted by Crippen LogP contribution is -2.46. The molecule has 2 N–H and O–H groups in total. The molecule has 0 bridgehead atoms. The van der Waals surface area contributed by atoms with E-state index in [1.165, 1.54) is 18.4 Å². The number of nitrogens with one attached hydrogen (secondary N) is 2. The topological polar surface area (TPSA) is 86.2 Å². The number of rotatable bonds is 4. The first-order chi connectivity index (χ1) is 14.8. The summed E-state index contributed by atoms with van der Waals surface area (Å²) in [7, 11) is 0. The fourth-order valence-electron chi connectivity index (χ4n) is 5.42. The van der Waals surface area contributed by atoms with Gasteiger partial charge < -0.3 is 19.8 Å². The maximum absolute atomic E-state index is 9.78. The minimum absolute atomic E-state index is 0.400. The van der Waals surface area contributed by atoms with Crippen molar-refractivity contribution >= 4 is 16.7 Å². The third-order valence-electron chi connectivity index (χ3n) is 7.12. The van der Waals surface area contributed by atoms with Crippen LogP contribution in [0.2, 0.25) is 0 Å². The molecule has 0 amide bonds. The highest BCUT2D eigenvalue weighted by atomic mass is 16.5. The molecular weight excluding hydrogens is 378 g/mol. The molecule has 7 heteroatoms. The summed E-state index contributed by atoms with van der Waals surface area (Å²) in [5, 5.41) is 14.7. The van der Waals surface area contributed by atoms with Gasteiger partial charge in [-0.1, -0.05) is 0 Å². The number of aromatic nitrogens is 2. The van der Waals surface area contributed by atoms with Crippen LogP contribution in [0.1, 0.15) is 55.6 Å². The Morgan fingerprint density at radius 2 is 1.77 bits per heavy atom. The lowest BCUT2D eigenvalue weighted by Gasteiger charge is -2.39. The summed E-state index contributed by atoms with van der Waals surface area (Å²) in [4.78, 5) is 10.5. The number of hydrogen-bond donors (Lipinski definition) is 2. The minimum atomic E-state index is 0.400. The SMILES string of the molecule is N#Cc1cnc2[nH]cc(C3CCOCC3)c2c1NC1CCC(N2CCOCC2)CC1. The molecule has 0 unspecified atom stereocenters. The molecule has 30 heavy (non-hydrogen) atoms. The summed E-state index contributed by atoms with van der Waals surface area (Å²) < 4.78 is 11.1. The zero-order valence-corrected chi connectivity index (χ0v) is 17.5. The zero-order valence-electron chi connectivity index (χ0n) is 17.5. The van der Waals surface area contributed by atoms with Crippen molar-refractivity contribution in [2.24, 2.45) is 0 Å². The molecule has 0 spiro atoms. The van der Waals surface area contributed by atoms with E-state index < -0.39 is 0 Å². The van der Waals surface area contributed by atoms with E-state index in [1.807, 2.05) is 0 Å². The third-order valence-corrected chi connectivity index (χ3v) is 7.12. The number of hydrogen-bond acceptors (Lipinski definition) is 6. The quantitative estimate of drug-likeness (QED) is 0.805. The van der Waals surface area contributed by atoms with E-state index in [0.29, 0.717) is 23.6 Å². The van der Waals surface area contributed by atoms with Crippen molar-refractivity contribution in [3.8, 4) is 6.07 Å². The maximum Gasteiger partial charge on any atom is 0.139 e. The van der Waals surface area contributed by atoms with Gasteiger partial charge in [-0.25, -0.2) is 4.98 Å². The standard InChI is InChI=1S/C23H31N5O2/c24-13-17-14-25-23-21(20(15-26-23)16-5-9-29-10-6-16)22(17)27-18-1-3-19(4-2-18)28-7-11-30-12-8-28/h14-16,18-19H,1-12H2,(H2,25,26,27). The first-order valence-electron chi connectivity index (χ1n) is 11.4. The molecule has 3 fully saturated rings. The second-order valence-corrected chi connectivity index (χ2v) is 8.81. The molecule has 2 aromatic heterocycles. The molecule has 2 aromatic rings. The van der Waals surface area contributed by atoms with Crippen molar-refractivity contribution in [3.05, 3.63) is 23.5 Å². The van der Waals surface area contributed by atoms with Crippen molar-refractivity contribution in [3.63, 3.8) is 0 Å². The lowest BCUT2D eigenvalue weighted by atomic mass is 9.88. The van der Waals surface area contributed by atoms with Crippen molar-refractivity contribution in [2.45, 2.75) is 56.5 Å². The number of fused-ring (bicyclic) bond motifs is 1. The third kappa shape index (κ3) is 3.92. The molecule has 1 saturated carbocycles. The fourth-order valence-corrected chi connectivity index (χ4v) is 5.42. The summed E-state index contributed by atoms with van der Waals surface area (Å²) in [6.07, 6.45) is 10.5. The van der Waals surface area contributed by atoms with Crippen LogP contribution in [0.3, 0.4) is 0 Å². The van der Waals surface area contributed by atoms with Gasteiger partial charge in [-0.05, 0) is 50.0 Å². The molecule has 3 aliphatic rings. The van der Waals surface area contributed by atoms with Crippen molar-refractivity contribution in [1.82, 2.24) is 14.9 Å². The van der Waals surface area contributed by atoms with Crippen LogP contribution in [-0.4, -0.2) is 66.5 Å². The Balaban J connectivity index is 1.36. The van der Waals surface area contributed by atoms with Crippen LogP contribution < -0.4 is 5.32 Å². The first kappa shape index (κ1) is 19.8. The second kappa shape index (κ2) is 8.93. The number of aromatic amines is 1. The van der Waals surface area contributed by atoms with E-state index in [1.54, 1.807) is 6.20 Å². The predicted molar refractivity (Wildman–Crippen MR) is 116 cm³/mol. The van der Waals surface area contributed by atoms with Crippen LogP contribution in [-0.2, 0) is 9.47 Å². The number of ether oxygens (including phenoxy) is 2. The van der Waals surface area contributed by atoms with Crippen LogP contribution in [0.25, 0.3) is 11.0 Å². The molecule has 0 radical (unpaired) electrons. The van der Waals surface area contributed by atoms with Gasteiger partial charge >= 0.3 is 0 Å². The average Bonchev–Trinajstić information content (AvgIpc) is 3.26. The van der Waals surface area contributed by atoms with E-state index in [4.69, 9.17) is 9.47 Å². The van der Waals surface area contributed by atoms with Crippen molar-refractivity contribution in [1.29, 1.82) is 5.26 Å². The Labute approximate surface area is 177 Å². The van der Waals surface area contributed by atoms with Gasteiger partial charge in [-0.15, -0.1) is 0 Å². The van der Waals surface area contributed by atoms with Gasteiger partial charge in [-0.2, -0.15) is 5.26 Å². The Morgan fingerprint density at radius 3 is 2.50 bits per heavy atom. The molecule has 7 nitrogen and oxygen atoms in total. The number of anilines is 1. The summed E-state index contributed by atoms with van der Waals surface area (Å²) in [5.41, 5.74) is 3.77. The summed E-state index contributed by atoms with van der Waals surface area (Å²) in [5.74, 6) is 0.459. The smallest absolute Gasteiger partial charge is 0.139 e.